The van der Waals surface area contributed by atoms with E-state index in [-0.39, 0.29) is 11.7 Å². The number of carbonyl (C=O) groups is 1. The molecule has 1 amide bonds. The molecular weight excluding hydrogens is 460 g/mol. The highest BCUT2D eigenvalue weighted by molar-refractivity contribution is 7.99. The standard InChI is InChI=1S/C26H26N6O2S/c1-3-4-15-34-21-11-7-19(8-12-21)22-16-23-25-28-29-26(31(25)13-14-32(23)30-22)35-17-24(33)27-20-9-5-18(2)6-10-20/h5-14,16H,3-4,15,17H2,1-2H3,(H,27,33). The lowest BCUT2D eigenvalue weighted by Gasteiger charge is -2.05. The lowest BCUT2D eigenvalue weighted by Crippen LogP contribution is -2.14. The number of amides is 1. The van der Waals surface area contributed by atoms with E-state index in [1.165, 1.54) is 11.8 Å². The molecular formula is C26H26N6O2S. The fraction of sp³-hybridized carbons (Fsp3) is 0.231. The number of carbonyl (C=O) groups excluding carboxylic acids is 1. The van der Waals surface area contributed by atoms with Gasteiger partial charge in [0.05, 0.1) is 18.1 Å². The Balaban J connectivity index is 1.30. The highest BCUT2D eigenvalue weighted by atomic mass is 32.2. The van der Waals surface area contributed by atoms with Crippen LogP contribution in [0.25, 0.3) is 22.4 Å². The summed E-state index contributed by atoms with van der Waals surface area (Å²) in [6, 6.07) is 17.7. The maximum Gasteiger partial charge on any atom is 0.234 e. The van der Waals surface area contributed by atoms with Gasteiger partial charge in [-0.05, 0) is 55.8 Å². The molecule has 0 spiro atoms. The molecule has 0 unspecified atom stereocenters. The molecule has 0 saturated carbocycles. The summed E-state index contributed by atoms with van der Waals surface area (Å²) in [5.74, 6) is 1.00. The van der Waals surface area contributed by atoms with E-state index in [9.17, 15) is 4.79 Å². The van der Waals surface area contributed by atoms with Crippen molar-refractivity contribution in [1.82, 2.24) is 24.2 Å². The van der Waals surface area contributed by atoms with Gasteiger partial charge in [-0.25, -0.2) is 4.52 Å². The van der Waals surface area contributed by atoms with Crippen molar-refractivity contribution in [1.29, 1.82) is 0 Å². The summed E-state index contributed by atoms with van der Waals surface area (Å²) in [6.07, 6.45) is 5.88. The van der Waals surface area contributed by atoms with Crippen molar-refractivity contribution in [2.75, 3.05) is 17.7 Å². The second kappa shape index (κ2) is 10.2. The van der Waals surface area contributed by atoms with Crippen LogP contribution in [0.1, 0.15) is 25.3 Å². The van der Waals surface area contributed by atoms with Gasteiger partial charge in [-0.15, -0.1) is 10.2 Å². The molecule has 0 bridgehead atoms. The first-order chi connectivity index (χ1) is 17.1. The second-order valence-corrected chi connectivity index (χ2v) is 9.21. The number of benzene rings is 2. The molecule has 3 aromatic heterocycles. The molecule has 178 valence electrons. The Morgan fingerprint density at radius 2 is 1.86 bits per heavy atom. The third-order valence-corrected chi connectivity index (χ3v) is 6.51. The molecule has 8 nitrogen and oxygen atoms in total. The molecule has 9 heteroatoms. The number of rotatable bonds is 9. The van der Waals surface area contributed by atoms with E-state index in [1.54, 1.807) is 4.52 Å². The molecule has 0 aliphatic heterocycles. The number of hydrogen-bond donors (Lipinski definition) is 1. The zero-order valence-corrected chi connectivity index (χ0v) is 20.5. The molecule has 0 saturated heterocycles. The van der Waals surface area contributed by atoms with Crippen LogP contribution in [0.5, 0.6) is 5.75 Å². The van der Waals surface area contributed by atoms with Gasteiger partial charge in [0.1, 0.15) is 11.3 Å². The number of hydrogen-bond acceptors (Lipinski definition) is 6. The summed E-state index contributed by atoms with van der Waals surface area (Å²) < 4.78 is 9.44. The number of thioether (sulfide) groups is 1. The number of aromatic nitrogens is 5. The number of nitrogens with one attached hydrogen (secondary N) is 1. The fourth-order valence-electron chi connectivity index (χ4n) is 3.65. The van der Waals surface area contributed by atoms with Gasteiger partial charge in [0, 0.05) is 23.6 Å². The number of ether oxygens (including phenoxy) is 1. The van der Waals surface area contributed by atoms with Gasteiger partial charge in [-0.2, -0.15) is 5.10 Å². The number of aryl methyl sites for hydroxylation is 1. The van der Waals surface area contributed by atoms with Crippen LogP contribution in [-0.4, -0.2) is 42.5 Å². The smallest absolute Gasteiger partial charge is 0.234 e. The van der Waals surface area contributed by atoms with Crippen molar-refractivity contribution in [3.8, 4) is 17.0 Å². The monoisotopic (exact) mass is 486 g/mol. The van der Waals surface area contributed by atoms with Gasteiger partial charge >= 0.3 is 0 Å². The van der Waals surface area contributed by atoms with E-state index in [0.29, 0.717) is 10.8 Å². The summed E-state index contributed by atoms with van der Waals surface area (Å²) in [5, 5.41) is 16.9. The summed E-state index contributed by atoms with van der Waals surface area (Å²) >= 11 is 1.34. The van der Waals surface area contributed by atoms with E-state index in [1.807, 2.05) is 78.3 Å². The van der Waals surface area contributed by atoms with Crippen molar-refractivity contribution < 1.29 is 9.53 Å². The van der Waals surface area contributed by atoms with Crippen LogP contribution in [0.4, 0.5) is 5.69 Å². The molecule has 3 heterocycles. The van der Waals surface area contributed by atoms with Crippen LogP contribution in [0.2, 0.25) is 0 Å². The minimum atomic E-state index is -0.0922. The highest BCUT2D eigenvalue weighted by Crippen LogP contribution is 2.26. The van der Waals surface area contributed by atoms with E-state index >= 15 is 0 Å². The molecule has 0 aliphatic carbocycles. The van der Waals surface area contributed by atoms with Crippen LogP contribution in [0, 0.1) is 6.92 Å². The molecule has 2 aromatic carbocycles. The van der Waals surface area contributed by atoms with Crippen LogP contribution in [-0.2, 0) is 4.79 Å². The van der Waals surface area contributed by atoms with Crippen LogP contribution < -0.4 is 10.1 Å². The second-order valence-electron chi connectivity index (χ2n) is 8.26. The molecule has 5 rings (SSSR count). The minimum Gasteiger partial charge on any atom is -0.494 e. The SMILES string of the molecule is CCCCOc1ccc(-c2cc3c4nnc(SCC(=O)Nc5ccc(C)cc5)n4ccn3n2)cc1. The lowest BCUT2D eigenvalue weighted by molar-refractivity contribution is -0.113. The minimum absolute atomic E-state index is 0.0922. The molecule has 5 aromatic rings. The van der Waals surface area contributed by atoms with Crippen LogP contribution >= 0.6 is 11.8 Å². The number of unbranched alkanes of at least 4 members (excludes halogenated alkanes) is 1. The molecule has 0 aliphatic rings. The first-order valence-corrected chi connectivity index (χ1v) is 12.5. The average molecular weight is 487 g/mol. The zero-order valence-electron chi connectivity index (χ0n) is 19.6. The molecule has 1 N–H and O–H groups in total. The van der Waals surface area contributed by atoms with Gasteiger partial charge in [-0.1, -0.05) is 42.8 Å². The van der Waals surface area contributed by atoms with E-state index < -0.39 is 0 Å². The summed E-state index contributed by atoms with van der Waals surface area (Å²) in [7, 11) is 0. The van der Waals surface area contributed by atoms with Crippen molar-refractivity contribution in [2.45, 2.75) is 31.8 Å². The first-order valence-electron chi connectivity index (χ1n) is 11.6. The zero-order chi connectivity index (χ0) is 24.2. The maximum atomic E-state index is 12.4. The van der Waals surface area contributed by atoms with Gasteiger partial charge in [0.2, 0.25) is 5.91 Å². The largest absolute Gasteiger partial charge is 0.494 e. The quantitative estimate of drug-likeness (QED) is 0.226. The number of nitrogens with zero attached hydrogens (tertiary/aromatic N) is 5. The van der Waals surface area contributed by atoms with Crippen LogP contribution in [0.15, 0.2) is 72.1 Å². The Kier molecular flexibility index (Phi) is 6.67. The van der Waals surface area contributed by atoms with Crippen molar-refractivity contribution in [3.63, 3.8) is 0 Å². The van der Waals surface area contributed by atoms with Crippen LogP contribution in [0.3, 0.4) is 0 Å². The normalized spacial score (nSPS) is 11.3. The Bertz CT molecular complexity index is 1460. The topological polar surface area (TPSA) is 85.8 Å². The summed E-state index contributed by atoms with van der Waals surface area (Å²) in [4.78, 5) is 12.4. The third-order valence-electron chi connectivity index (χ3n) is 5.57. The van der Waals surface area contributed by atoms with E-state index in [0.717, 1.165) is 53.2 Å². The predicted octanol–water partition coefficient (Wildman–Crippen LogP) is 5.26. The Hall–Kier alpha value is -3.85. The molecule has 0 fully saturated rings. The molecule has 0 atom stereocenters. The summed E-state index contributed by atoms with van der Waals surface area (Å²) in [5.41, 5.74) is 5.29. The third kappa shape index (κ3) is 5.14. The predicted molar refractivity (Wildman–Crippen MR) is 138 cm³/mol. The van der Waals surface area contributed by atoms with Crippen molar-refractivity contribution >= 4 is 34.5 Å². The first kappa shape index (κ1) is 22.9. The summed E-state index contributed by atoms with van der Waals surface area (Å²) in [6.45, 7) is 4.88. The Labute approximate surface area is 207 Å². The van der Waals surface area contributed by atoms with Gasteiger partial charge in [-0.3, -0.25) is 9.20 Å². The Morgan fingerprint density at radius 1 is 1.06 bits per heavy atom. The van der Waals surface area contributed by atoms with Crippen molar-refractivity contribution in [3.05, 3.63) is 72.6 Å². The van der Waals surface area contributed by atoms with Gasteiger partial charge in [0.15, 0.2) is 10.8 Å². The van der Waals surface area contributed by atoms with Gasteiger partial charge in [0.25, 0.3) is 0 Å². The highest BCUT2D eigenvalue weighted by Gasteiger charge is 2.14. The Morgan fingerprint density at radius 3 is 2.63 bits per heavy atom. The number of anilines is 1. The lowest BCUT2D eigenvalue weighted by atomic mass is 10.1. The number of fused-ring (bicyclic) bond motifs is 3. The van der Waals surface area contributed by atoms with E-state index in [2.05, 4.69) is 22.4 Å². The maximum absolute atomic E-state index is 12.4. The molecule has 0 radical (unpaired) electrons. The molecule has 35 heavy (non-hydrogen) atoms. The van der Waals surface area contributed by atoms with Crippen molar-refractivity contribution in [2.24, 2.45) is 0 Å². The van der Waals surface area contributed by atoms with E-state index in [4.69, 9.17) is 9.84 Å². The average Bonchev–Trinajstić information content (AvgIpc) is 3.49. The fourth-order valence-corrected chi connectivity index (χ4v) is 4.37. The van der Waals surface area contributed by atoms with Gasteiger partial charge < -0.3 is 10.1 Å².